The van der Waals surface area contributed by atoms with E-state index in [1.54, 1.807) is 0 Å². The van der Waals surface area contributed by atoms with Crippen LogP contribution in [0.25, 0.3) is 11.0 Å². The Kier molecular flexibility index (Phi) is 7.31. The van der Waals surface area contributed by atoms with Gasteiger partial charge < -0.3 is 14.6 Å². The normalized spacial score (nSPS) is 12.1. The van der Waals surface area contributed by atoms with E-state index in [1.807, 2.05) is 68.4 Å². The van der Waals surface area contributed by atoms with Crippen LogP contribution in [0.2, 0.25) is 0 Å². The van der Waals surface area contributed by atoms with Gasteiger partial charge in [-0.15, -0.1) is 0 Å². The topological polar surface area (TPSA) is 56.2 Å². The molecule has 0 aliphatic rings. The highest BCUT2D eigenvalue weighted by Gasteiger charge is 2.19. The highest BCUT2D eigenvalue weighted by atomic mass is 16.5. The van der Waals surface area contributed by atoms with E-state index in [2.05, 4.69) is 41.9 Å². The van der Waals surface area contributed by atoms with Crippen LogP contribution in [0, 0.1) is 6.92 Å². The maximum absolute atomic E-state index is 12.8. The molecule has 0 saturated carbocycles. The maximum atomic E-state index is 12.8. The second-order valence-electron chi connectivity index (χ2n) is 9.07. The van der Waals surface area contributed by atoms with E-state index in [0.29, 0.717) is 18.1 Å². The number of hydrogen-bond donors (Lipinski definition) is 1. The molecule has 5 heteroatoms. The fourth-order valence-electron chi connectivity index (χ4n) is 4.20. The van der Waals surface area contributed by atoms with Gasteiger partial charge >= 0.3 is 0 Å². The van der Waals surface area contributed by atoms with Crippen molar-refractivity contribution in [3.8, 4) is 5.75 Å². The number of rotatable bonds is 9. The number of carbonyl (C=O) groups excluding carboxylic acids is 1. The molecular formula is C29H33N3O2. The number of ether oxygens (including phenoxy) is 1. The Labute approximate surface area is 201 Å². The standard InChI is InChI=1S/C29H33N3O2/c1-20(2)24-10-5-8-13-27(24)34-19-9-18-32-26-12-7-6-11-25(26)31-28(32)22(4)30-29(33)23-16-14-21(3)15-17-23/h5-8,10-17,20,22H,9,18-19H2,1-4H3,(H,30,33). The van der Waals surface area contributed by atoms with E-state index in [-0.39, 0.29) is 11.9 Å². The van der Waals surface area contributed by atoms with Crippen molar-refractivity contribution in [1.29, 1.82) is 0 Å². The van der Waals surface area contributed by atoms with Crippen LogP contribution in [0.15, 0.2) is 72.8 Å². The molecule has 1 amide bonds. The van der Waals surface area contributed by atoms with E-state index < -0.39 is 0 Å². The molecule has 0 fully saturated rings. The lowest BCUT2D eigenvalue weighted by Crippen LogP contribution is -2.28. The van der Waals surface area contributed by atoms with E-state index in [0.717, 1.165) is 41.1 Å². The Balaban J connectivity index is 1.48. The number of nitrogens with one attached hydrogen (secondary N) is 1. The Bertz CT molecular complexity index is 1260. The highest BCUT2D eigenvalue weighted by Crippen LogP contribution is 2.26. The van der Waals surface area contributed by atoms with E-state index >= 15 is 0 Å². The van der Waals surface area contributed by atoms with Crippen molar-refractivity contribution >= 4 is 16.9 Å². The molecule has 1 aromatic heterocycles. The predicted octanol–water partition coefficient (Wildman–Crippen LogP) is 6.43. The van der Waals surface area contributed by atoms with Crippen LogP contribution in [0.3, 0.4) is 0 Å². The number of fused-ring (bicyclic) bond motifs is 1. The van der Waals surface area contributed by atoms with Gasteiger partial charge in [0.25, 0.3) is 5.91 Å². The lowest BCUT2D eigenvalue weighted by Gasteiger charge is -2.17. The second-order valence-corrected chi connectivity index (χ2v) is 9.07. The molecule has 0 aliphatic heterocycles. The zero-order valence-electron chi connectivity index (χ0n) is 20.4. The third kappa shape index (κ3) is 5.30. The number of hydrogen-bond acceptors (Lipinski definition) is 3. The summed E-state index contributed by atoms with van der Waals surface area (Å²) in [6, 6.07) is 23.7. The van der Waals surface area contributed by atoms with E-state index in [1.165, 1.54) is 5.56 Å². The van der Waals surface area contributed by atoms with Crippen molar-refractivity contribution in [3.63, 3.8) is 0 Å². The van der Waals surface area contributed by atoms with Crippen LogP contribution >= 0.6 is 0 Å². The molecule has 1 unspecified atom stereocenters. The number of aromatic nitrogens is 2. The van der Waals surface area contributed by atoms with Gasteiger partial charge in [0, 0.05) is 12.1 Å². The van der Waals surface area contributed by atoms with Crippen LogP contribution in [0.1, 0.15) is 66.5 Å². The summed E-state index contributed by atoms with van der Waals surface area (Å²) >= 11 is 0. The quantitative estimate of drug-likeness (QED) is 0.296. The fourth-order valence-corrected chi connectivity index (χ4v) is 4.20. The molecule has 1 heterocycles. The van der Waals surface area contributed by atoms with Gasteiger partial charge in [-0.3, -0.25) is 4.79 Å². The molecular weight excluding hydrogens is 422 g/mol. The Morgan fingerprint density at radius 3 is 2.44 bits per heavy atom. The van der Waals surface area contributed by atoms with Crippen LogP contribution in [-0.2, 0) is 6.54 Å². The number of aryl methyl sites for hydroxylation is 2. The first kappa shape index (κ1) is 23.6. The fraction of sp³-hybridized carbons (Fsp3) is 0.310. The molecule has 34 heavy (non-hydrogen) atoms. The maximum Gasteiger partial charge on any atom is 0.251 e. The van der Waals surface area contributed by atoms with Crippen LogP contribution in [0.4, 0.5) is 0 Å². The third-order valence-electron chi connectivity index (χ3n) is 6.06. The van der Waals surface area contributed by atoms with Crippen molar-refractivity contribution in [2.45, 2.75) is 52.6 Å². The molecule has 0 radical (unpaired) electrons. The average Bonchev–Trinajstić information content (AvgIpc) is 3.21. The molecule has 0 bridgehead atoms. The smallest absolute Gasteiger partial charge is 0.251 e. The summed E-state index contributed by atoms with van der Waals surface area (Å²) in [6.07, 6.45) is 0.832. The zero-order valence-corrected chi connectivity index (χ0v) is 20.4. The number of carbonyl (C=O) groups is 1. The van der Waals surface area contributed by atoms with Crippen LogP contribution < -0.4 is 10.1 Å². The monoisotopic (exact) mass is 455 g/mol. The molecule has 5 nitrogen and oxygen atoms in total. The molecule has 4 rings (SSSR count). The molecule has 4 aromatic rings. The minimum atomic E-state index is -0.233. The Morgan fingerprint density at radius 1 is 0.971 bits per heavy atom. The van der Waals surface area contributed by atoms with Gasteiger partial charge in [0.15, 0.2) is 0 Å². The minimum Gasteiger partial charge on any atom is -0.493 e. The summed E-state index contributed by atoms with van der Waals surface area (Å²) in [5, 5.41) is 3.12. The number of para-hydroxylation sites is 3. The summed E-state index contributed by atoms with van der Waals surface area (Å²) in [4.78, 5) is 17.7. The molecule has 0 aliphatic carbocycles. The average molecular weight is 456 g/mol. The van der Waals surface area contributed by atoms with Gasteiger partial charge in [0.1, 0.15) is 11.6 Å². The van der Waals surface area contributed by atoms with E-state index in [9.17, 15) is 4.79 Å². The molecule has 1 N–H and O–H groups in total. The largest absolute Gasteiger partial charge is 0.493 e. The van der Waals surface area contributed by atoms with Gasteiger partial charge in [-0.1, -0.05) is 61.9 Å². The summed E-state index contributed by atoms with van der Waals surface area (Å²) in [5.74, 6) is 2.12. The summed E-state index contributed by atoms with van der Waals surface area (Å²) < 4.78 is 8.34. The van der Waals surface area contributed by atoms with Gasteiger partial charge in [-0.05, 0) is 62.1 Å². The lowest BCUT2D eigenvalue weighted by atomic mass is 10.0. The van der Waals surface area contributed by atoms with Crippen LogP contribution in [-0.4, -0.2) is 22.1 Å². The van der Waals surface area contributed by atoms with Gasteiger partial charge in [-0.2, -0.15) is 0 Å². The van der Waals surface area contributed by atoms with Gasteiger partial charge in [0.2, 0.25) is 0 Å². The van der Waals surface area contributed by atoms with Crippen molar-refractivity contribution in [2.24, 2.45) is 0 Å². The Hall–Kier alpha value is -3.60. The lowest BCUT2D eigenvalue weighted by molar-refractivity contribution is 0.0937. The number of nitrogens with zero attached hydrogens (tertiary/aromatic N) is 2. The summed E-state index contributed by atoms with van der Waals surface area (Å²) in [7, 11) is 0. The van der Waals surface area contributed by atoms with Crippen molar-refractivity contribution < 1.29 is 9.53 Å². The first-order chi connectivity index (χ1) is 16.4. The summed E-state index contributed by atoms with van der Waals surface area (Å²) in [5.41, 5.74) is 5.00. The molecule has 3 aromatic carbocycles. The first-order valence-electron chi connectivity index (χ1n) is 12.0. The number of benzene rings is 3. The summed E-state index contributed by atoms with van der Waals surface area (Å²) in [6.45, 7) is 9.72. The minimum absolute atomic E-state index is 0.0975. The van der Waals surface area contributed by atoms with Crippen molar-refractivity contribution in [1.82, 2.24) is 14.9 Å². The van der Waals surface area contributed by atoms with Crippen molar-refractivity contribution in [3.05, 3.63) is 95.3 Å². The molecule has 176 valence electrons. The molecule has 0 saturated heterocycles. The number of imidazole rings is 1. The van der Waals surface area contributed by atoms with Crippen molar-refractivity contribution in [2.75, 3.05) is 6.61 Å². The molecule has 1 atom stereocenters. The second kappa shape index (κ2) is 10.6. The van der Waals surface area contributed by atoms with Gasteiger partial charge in [-0.25, -0.2) is 4.98 Å². The van der Waals surface area contributed by atoms with E-state index in [4.69, 9.17) is 9.72 Å². The molecule has 0 spiro atoms. The zero-order chi connectivity index (χ0) is 24.1. The number of amides is 1. The third-order valence-corrected chi connectivity index (χ3v) is 6.06. The SMILES string of the molecule is Cc1ccc(C(=O)NC(C)c2nc3ccccc3n2CCCOc2ccccc2C(C)C)cc1. The van der Waals surface area contributed by atoms with Gasteiger partial charge in [0.05, 0.1) is 23.7 Å². The highest BCUT2D eigenvalue weighted by molar-refractivity contribution is 5.94. The Morgan fingerprint density at radius 2 is 1.68 bits per heavy atom. The predicted molar refractivity (Wildman–Crippen MR) is 137 cm³/mol. The van der Waals surface area contributed by atoms with Crippen LogP contribution in [0.5, 0.6) is 5.75 Å². The first-order valence-corrected chi connectivity index (χ1v) is 12.0.